The predicted molar refractivity (Wildman–Crippen MR) is 144 cm³/mol. The Balaban J connectivity index is 1.37. The molecule has 0 spiro atoms. The van der Waals surface area contributed by atoms with Crippen LogP contribution < -0.4 is 5.56 Å². The highest BCUT2D eigenvalue weighted by atomic mass is 35.5. The van der Waals surface area contributed by atoms with E-state index in [-0.39, 0.29) is 41.0 Å². The van der Waals surface area contributed by atoms with Crippen molar-refractivity contribution in [2.24, 2.45) is 0 Å². The maximum Gasteiger partial charge on any atom is 0.274 e. The zero-order valence-corrected chi connectivity index (χ0v) is 21.1. The first-order chi connectivity index (χ1) is 17.9. The molecule has 5 rings (SSSR count). The van der Waals surface area contributed by atoms with Crippen LogP contribution in [0, 0.1) is 0 Å². The van der Waals surface area contributed by atoms with Crippen molar-refractivity contribution in [3.05, 3.63) is 98.9 Å². The van der Waals surface area contributed by atoms with Crippen molar-refractivity contribution >= 4 is 28.2 Å². The third-order valence-corrected chi connectivity index (χ3v) is 7.17. The topological polar surface area (TPSA) is 95.7 Å². The molecule has 8 heteroatoms. The molecule has 1 saturated heterocycles. The Labute approximate surface area is 219 Å². The molecule has 0 amide bonds. The summed E-state index contributed by atoms with van der Waals surface area (Å²) in [5, 5.41) is 26.5. The Hall–Kier alpha value is -3.68. The van der Waals surface area contributed by atoms with Crippen molar-refractivity contribution in [3.63, 3.8) is 0 Å². The molecule has 0 aliphatic carbocycles. The van der Waals surface area contributed by atoms with E-state index in [1.807, 2.05) is 48.5 Å². The van der Waals surface area contributed by atoms with E-state index in [1.165, 1.54) is 18.2 Å². The van der Waals surface area contributed by atoms with Crippen molar-refractivity contribution in [3.8, 4) is 11.5 Å². The number of phenols is 2. The van der Waals surface area contributed by atoms with Gasteiger partial charge in [-0.3, -0.25) is 14.5 Å². The van der Waals surface area contributed by atoms with Crippen molar-refractivity contribution in [1.29, 1.82) is 0 Å². The van der Waals surface area contributed by atoms with Gasteiger partial charge in [0.15, 0.2) is 5.78 Å². The van der Waals surface area contributed by atoms with E-state index in [9.17, 15) is 19.8 Å². The van der Waals surface area contributed by atoms with Crippen molar-refractivity contribution in [1.82, 2.24) is 14.7 Å². The summed E-state index contributed by atoms with van der Waals surface area (Å²) < 4.78 is 1.65. The van der Waals surface area contributed by atoms with Gasteiger partial charge >= 0.3 is 0 Å². The normalized spacial score (nSPS) is 16.5. The van der Waals surface area contributed by atoms with Crippen LogP contribution in [0.2, 0.25) is 5.02 Å². The molecule has 0 saturated carbocycles. The molecular weight excluding hydrogens is 490 g/mol. The first-order valence-corrected chi connectivity index (χ1v) is 12.8. The van der Waals surface area contributed by atoms with Gasteiger partial charge in [0, 0.05) is 35.0 Å². The first kappa shape index (κ1) is 25.0. The van der Waals surface area contributed by atoms with Crippen LogP contribution in [0.3, 0.4) is 0 Å². The highest BCUT2D eigenvalue weighted by Crippen LogP contribution is 2.25. The molecule has 190 valence electrons. The minimum absolute atomic E-state index is 0.0778. The summed E-state index contributed by atoms with van der Waals surface area (Å²) >= 11 is 6.06. The molecule has 37 heavy (non-hydrogen) atoms. The molecule has 1 atom stereocenters. The molecule has 1 aliphatic heterocycles. The number of benzene rings is 3. The number of nitrogens with zero attached hydrogens (tertiary/aromatic N) is 3. The van der Waals surface area contributed by atoms with E-state index in [4.69, 9.17) is 16.7 Å². The second kappa shape index (κ2) is 10.7. The Kier molecular flexibility index (Phi) is 7.26. The highest BCUT2D eigenvalue weighted by molar-refractivity contribution is 6.30. The molecule has 4 aromatic rings. The fourth-order valence-corrected chi connectivity index (χ4v) is 5.17. The lowest BCUT2D eigenvalue weighted by Gasteiger charge is -2.21. The first-order valence-electron chi connectivity index (χ1n) is 12.4. The van der Waals surface area contributed by atoms with Crippen LogP contribution in [0.4, 0.5) is 0 Å². The molecule has 1 aliphatic rings. The lowest BCUT2D eigenvalue weighted by molar-refractivity contribution is 0.0931. The lowest BCUT2D eigenvalue weighted by Crippen LogP contribution is -2.32. The van der Waals surface area contributed by atoms with Gasteiger partial charge in [-0.25, -0.2) is 4.68 Å². The number of phenolic OH excluding ortho intramolecular Hbond substituents is 2. The molecule has 1 unspecified atom stereocenters. The quantitative estimate of drug-likeness (QED) is 0.351. The average molecular weight is 518 g/mol. The summed E-state index contributed by atoms with van der Waals surface area (Å²) in [6.45, 7) is 1.53. The predicted octanol–water partition coefficient (Wildman–Crippen LogP) is 4.96. The van der Waals surface area contributed by atoms with E-state index in [1.54, 1.807) is 4.68 Å². The zero-order chi connectivity index (χ0) is 25.9. The Bertz CT molecular complexity index is 1480. The molecular formula is C29H28ClN3O4. The van der Waals surface area contributed by atoms with Gasteiger partial charge in [0.25, 0.3) is 5.56 Å². The van der Waals surface area contributed by atoms with Crippen LogP contribution in [0.15, 0.2) is 71.5 Å². The number of carbonyl (C=O) groups is 1. The number of aromatic nitrogens is 2. The largest absolute Gasteiger partial charge is 0.508 e. The molecule has 7 nitrogen and oxygen atoms in total. The number of aromatic hydroxyl groups is 2. The maximum atomic E-state index is 13.5. The lowest BCUT2D eigenvalue weighted by atomic mass is 10.0. The van der Waals surface area contributed by atoms with E-state index < -0.39 is 0 Å². The number of carbonyl (C=O) groups excluding carboxylic acids is 1. The van der Waals surface area contributed by atoms with Gasteiger partial charge < -0.3 is 10.2 Å². The van der Waals surface area contributed by atoms with Crippen molar-refractivity contribution in [2.75, 3.05) is 19.6 Å². The standard InChI is InChI=1S/C29H28ClN3O4/c30-21-9-7-19(8-10-21)14-27-25-5-1-2-6-26(25)29(37)33(31-27)22-4-3-12-32(13-11-22)18-28(36)20-15-23(34)17-24(35)16-20/h1-2,5-10,15-17,22,34-35H,3-4,11-14,18H2. The Morgan fingerprint density at radius 3 is 2.38 bits per heavy atom. The van der Waals surface area contributed by atoms with Gasteiger partial charge in [0.2, 0.25) is 0 Å². The van der Waals surface area contributed by atoms with E-state index in [0.29, 0.717) is 36.3 Å². The second-order valence-electron chi connectivity index (χ2n) is 9.57. The number of Topliss-reactive ketones (excluding diaryl/α,β-unsaturated/α-hetero) is 1. The Morgan fingerprint density at radius 2 is 1.65 bits per heavy atom. The van der Waals surface area contributed by atoms with Crippen LogP contribution in [0.5, 0.6) is 11.5 Å². The van der Waals surface area contributed by atoms with Crippen molar-refractivity contribution < 1.29 is 15.0 Å². The molecule has 0 bridgehead atoms. The molecule has 1 fully saturated rings. The van der Waals surface area contributed by atoms with Crippen LogP contribution in [-0.4, -0.2) is 50.3 Å². The fraction of sp³-hybridized carbons (Fsp3) is 0.276. The number of ketones is 1. The molecule has 0 radical (unpaired) electrons. The number of hydrogen-bond donors (Lipinski definition) is 2. The molecule has 3 aromatic carbocycles. The summed E-state index contributed by atoms with van der Waals surface area (Å²) in [6, 6.07) is 19.1. The van der Waals surface area contributed by atoms with E-state index in [2.05, 4.69) is 4.90 Å². The van der Waals surface area contributed by atoms with Gasteiger partial charge in [-0.05, 0) is 61.7 Å². The van der Waals surface area contributed by atoms with E-state index in [0.717, 1.165) is 29.5 Å². The van der Waals surface area contributed by atoms with E-state index >= 15 is 0 Å². The number of fused-ring (bicyclic) bond motifs is 1. The van der Waals surface area contributed by atoms with Gasteiger partial charge in [-0.1, -0.05) is 41.9 Å². The summed E-state index contributed by atoms with van der Waals surface area (Å²) in [7, 11) is 0. The number of hydrogen-bond acceptors (Lipinski definition) is 6. The minimum Gasteiger partial charge on any atom is -0.508 e. The summed E-state index contributed by atoms with van der Waals surface area (Å²) in [4.78, 5) is 28.3. The Morgan fingerprint density at radius 1 is 0.946 bits per heavy atom. The SMILES string of the molecule is O=C(CN1CCCC(n2nc(Cc3ccc(Cl)cc3)c3ccccc3c2=O)CC1)c1cc(O)cc(O)c1. The number of likely N-dealkylation sites (tertiary alicyclic amines) is 1. The summed E-state index contributed by atoms with van der Waals surface area (Å²) in [6.07, 6.45) is 2.87. The van der Waals surface area contributed by atoms with Crippen LogP contribution >= 0.6 is 11.6 Å². The number of halogens is 1. The molecule has 2 N–H and O–H groups in total. The second-order valence-corrected chi connectivity index (χ2v) is 10.0. The smallest absolute Gasteiger partial charge is 0.274 e. The summed E-state index contributed by atoms with van der Waals surface area (Å²) in [5.74, 6) is -0.457. The fourth-order valence-electron chi connectivity index (χ4n) is 5.04. The van der Waals surface area contributed by atoms with Crippen LogP contribution in [-0.2, 0) is 6.42 Å². The number of rotatable bonds is 6. The third-order valence-electron chi connectivity index (χ3n) is 6.92. The van der Waals surface area contributed by atoms with Gasteiger partial charge in [0.05, 0.1) is 23.7 Å². The summed E-state index contributed by atoms with van der Waals surface area (Å²) in [5.41, 5.74) is 2.09. The van der Waals surface area contributed by atoms with Gasteiger partial charge in [0.1, 0.15) is 11.5 Å². The minimum atomic E-state index is -0.170. The highest BCUT2D eigenvalue weighted by Gasteiger charge is 2.24. The molecule has 2 heterocycles. The van der Waals surface area contributed by atoms with Crippen molar-refractivity contribution in [2.45, 2.75) is 31.7 Å². The van der Waals surface area contributed by atoms with Gasteiger partial charge in [-0.2, -0.15) is 5.10 Å². The third kappa shape index (κ3) is 5.68. The average Bonchev–Trinajstić information content (AvgIpc) is 3.12. The van der Waals surface area contributed by atoms with Crippen LogP contribution in [0.1, 0.15) is 46.9 Å². The molecule has 1 aromatic heterocycles. The monoisotopic (exact) mass is 517 g/mol. The maximum absolute atomic E-state index is 13.5. The zero-order valence-electron chi connectivity index (χ0n) is 20.3. The van der Waals surface area contributed by atoms with Gasteiger partial charge in [-0.15, -0.1) is 0 Å². The van der Waals surface area contributed by atoms with Crippen LogP contribution in [0.25, 0.3) is 10.8 Å².